The standard InChI is InChI=1S/C19H23NO/c1-14(2)16-9-7-15(8-10-16)11-19(21)12-17-5-3-4-6-18(17)13-20/h3-10,14H,11-13,20H2,1-2H3. The summed E-state index contributed by atoms with van der Waals surface area (Å²) in [5.41, 5.74) is 10.2. The SMILES string of the molecule is CC(C)c1ccc(CC(=O)Cc2ccccc2CN)cc1. The fourth-order valence-corrected chi connectivity index (χ4v) is 2.45. The summed E-state index contributed by atoms with van der Waals surface area (Å²) in [6.07, 6.45) is 0.941. The Morgan fingerprint density at radius 3 is 2.14 bits per heavy atom. The second-order valence-electron chi connectivity index (χ2n) is 5.76. The number of carbonyl (C=O) groups excluding carboxylic acids is 1. The molecule has 2 aromatic rings. The van der Waals surface area contributed by atoms with Gasteiger partial charge in [0.05, 0.1) is 0 Å². The van der Waals surface area contributed by atoms with Crippen molar-refractivity contribution in [3.05, 3.63) is 70.8 Å². The van der Waals surface area contributed by atoms with Crippen LogP contribution in [0.15, 0.2) is 48.5 Å². The van der Waals surface area contributed by atoms with Crippen LogP contribution >= 0.6 is 0 Å². The van der Waals surface area contributed by atoms with Crippen LogP contribution in [0.4, 0.5) is 0 Å². The van der Waals surface area contributed by atoms with Crippen LogP contribution in [0, 0.1) is 0 Å². The number of benzene rings is 2. The van der Waals surface area contributed by atoms with Crippen LogP contribution in [-0.4, -0.2) is 5.78 Å². The number of carbonyl (C=O) groups is 1. The van der Waals surface area contributed by atoms with Crippen molar-refractivity contribution in [2.24, 2.45) is 5.73 Å². The van der Waals surface area contributed by atoms with Gasteiger partial charge in [-0.05, 0) is 28.2 Å². The van der Waals surface area contributed by atoms with Crippen LogP contribution in [-0.2, 0) is 24.2 Å². The van der Waals surface area contributed by atoms with Gasteiger partial charge in [0.2, 0.25) is 0 Å². The Hall–Kier alpha value is -1.93. The fourth-order valence-electron chi connectivity index (χ4n) is 2.45. The summed E-state index contributed by atoms with van der Waals surface area (Å²) in [4.78, 5) is 12.2. The van der Waals surface area contributed by atoms with Crippen LogP contribution in [0.25, 0.3) is 0 Å². The lowest BCUT2D eigenvalue weighted by Gasteiger charge is -2.08. The van der Waals surface area contributed by atoms with Crippen molar-refractivity contribution in [3.8, 4) is 0 Å². The number of rotatable bonds is 6. The summed E-state index contributed by atoms with van der Waals surface area (Å²) in [5, 5.41) is 0. The van der Waals surface area contributed by atoms with Crippen molar-refractivity contribution in [2.75, 3.05) is 0 Å². The molecule has 2 rings (SSSR count). The molecule has 21 heavy (non-hydrogen) atoms. The van der Waals surface area contributed by atoms with E-state index < -0.39 is 0 Å². The highest BCUT2D eigenvalue weighted by atomic mass is 16.1. The second kappa shape index (κ2) is 7.19. The highest BCUT2D eigenvalue weighted by Gasteiger charge is 2.08. The molecule has 0 aromatic heterocycles. The molecule has 0 saturated carbocycles. The zero-order chi connectivity index (χ0) is 15.2. The van der Waals surface area contributed by atoms with Crippen molar-refractivity contribution in [2.45, 2.75) is 39.2 Å². The number of hydrogen-bond donors (Lipinski definition) is 1. The molecule has 0 unspecified atom stereocenters. The van der Waals surface area contributed by atoms with E-state index in [0.29, 0.717) is 25.3 Å². The highest BCUT2D eigenvalue weighted by Crippen LogP contribution is 2.16. The van der Waals surface area contributed by atoms with Crippen molar-refractivity contribution in [1.29, 1.82) is 0 Å². The molecule has 0 atom stereocenters. The third kappa shape index (κ3) is 4.27. The summed E-state index contributed by atoms with van der Waals surface area (Å²) in [6.45, 7) is 4.82. The number of nitrogens with two attached hydrogens (primary N) is 1. The van der Waals surface area contributed by atoms with E-state index in [1.54, 1.807) is 0 Å². The predicted molar refractivity (Wildman–Crippen MR) is 87.3 cm³/mol. The van der Waals surface area contributed by atoms with Gasteiger partial charge in [0, 0.05) is 19.4 Å². The second-order valence-corrected chi connectivity index (χ2v) is 5.76. The van der Waals surface area contributed by atoms with Gasteiger partial charge >= 0.3 is 0 Å². The Morgan fingerprint density at radius 1 is 0.952 bits per heavy atom. The zero-order valence-corrected chi connectivity index (χ0v) is 12.8. The van der Waals surface area contributed by atoms with E-state index in [0.717, 1.165) is 16.7 Å². The molecule has 0 radical (unpaired) electrons. The Bertz CT molecular complexity index is 599. The third-order valence-electron chi connectivity index (χ3n) is 3.77. The predicted octanol–water partition coefficient (Wildman–Crippen LogP) is 3.62. The molecule has 110 valence electrons. The van der Waals surface area contributed by atoms with E-state index in [1.807, 2.05) is 24.3 Å². The van der Waals surface area contributed by atoms with Crippen LogP contribution < -0.4 is 5.73 Å². The van der Waals surface area contributed by atoms with Gasteiger partial charge in [-0.2, -0.15) is 0 Å². The minimum atomic E-state index is 0.230. The highest BCUT2D eigenvalue weighted by molar-refractivity contribution is 5.83. The molecule has 0 saturated heterocycles. The summed E-state index contributed by atoms with van der Waals surface area (Å²) in [7, 11) is 0. The molecule has 2 heteroatoms. The van der Waals surface area contributed by atoms with Crippen molar-refractivity contribution in [1.82, 2.24) is 0 Å². The first-order chi connectivity index (χ1) is 10.1. The maximum Gasteiger partial charge on any atom is 0.141 e. The summed E-state index contributed by atoms with van der Waals surface area (Å²) in [6, 6.07) is 16.2. The molecule has 0 amide bonds. The molecular weight excluding hydrogens is 258 g/mol. The van der Waals surface area contributed by atoms with Crippen molar-refractivity contribution in [3.63, 3.8) is 0 Å². The third-order valence-corrected chi connectivity index (χ3v) is 3.77. The van der Waals surface area contributed by atoms with E-state index in [4.69, 9.17) is 5.73 Å². The van der Waals surface area contributed by atoms with Crippen LogP contribution in [0.1, 0.15) is 42.0 Å². The van der Waals surface area contributed by atoms with E-state index in [9.17, 15) is 4.79 Å². The van der Waals surface area contributed by atoms with E-state index in [-0.39, 0.29) is 5.78 Å². The van der Waals surface area contributed by atoms with Gasteiger partial charge < -0.3 is 5.73 Å². The molecule has 0 bridgehead atoms. The lowest BCUT2D eigenvalue weighted by atomic mass is 9.97. The topological polar surface area (TPSA) is 43.1 Å². The Morgan fingerprint density at radius 2 is 1.57 bits per heavy atom. The number of Topliss-reactive ketones (excluding diaryl/α,β-unsaturated/α-hetero) is 1. The van der Waals surface area contributed by atoms with Gasteiger partial charge in [-0.3, -0.25) is 4.79 Å². The first kappa shape index (κ1) is 15.5. The largest absolute Gasteiger partial charge is 0.326 e. The van der Waals surface area contributed by atoms with Gasteiger partial charge in [-0.1, -0.05) is 62.4 Å². The zero-order valence-electron chi connectivity index (χ0n) is 12.8. The first-order valence-electron chi connectivity index (χ1n) is 7.47. The van der Waals surface area contributed by atoms with E-state index in [1.165, 1.54) is 5.56 Å². The van der Waals surface area contributed by atoms with Gasteiger partial charge in [-0.25, -0.2) is 0 Å². The summed E-state index contributed by atoms with van der Waals surface area (Å²) >= 11 is 0. The lowest BCUT2D eigenvalue weighted by molar-refractivity contribution is -0.117. The monoisotopic (exact) mass is 281 g/mol. The van der Waals surface area contributed by atoms with E-state index >= 15 is 0 Å². The molecule has 0 aliphatic carbocycles. The Labute approximate surface area is 127 Å². The first-order valence-corrected chi connectivity index (χ1v) is 7.47. The molecule has 0 aliphatic rings. The van der Waals surface area contributed by atoms with Crippen LogP contribution in [0.3, 0.4) is 0 Å². The molecule has 0 heterocycles. The maximum absolute atomic E-state index is 12.2. The Kier molecular flexibility index (Phi) is 5.29. The average Bonchev–Trinajstić information content (AvgIpc) is 2.48. The smallest absolute Gasteiger partial charge is 0.141 e. The van der Waals surface area contributed by atoms with Gasteiger partial charge in [-0.15, -0.1) is 0 Å². The summed E-state index contributed by atoms with van der Waals surface area (Å²) < 4.78 is 0. The Balaban J connectivity index is 2.01. The van der Waals surface area contributed by atoms with Crippen LogP contribution in [0.5, 0.6) is 0 Å². The summed E-state index contributed by atoms with van der Waals surface area (Å²) in [5.74, 6) is 0.749. The molecule has 2 nitrogen and oxygen atoms in total. The maximum atomic E-state index is 12.2. The van der Waals surface area contributed by atoms with Gasteiger partial charge in [0.1, 0.15) is 5.78 Å². The number of ketones is 1. The molecular formula is C19H23NO. The minimum Gasteiger partial charge on any atom is -0.326 e. The molecule has 0 spiro atoms. The quantitative estimate of drug-likeness (QED) is 0.878. The molecule has 0 aliphatic heterocycles. The van der Waals surface area contributed by atoms with Gasteiger partial charge in [0.15, 0.2) is 0 Å². The van der Waals surface area contributed by atoms with Crippen LogP contribution in [0.2, 0.25) is 0 Å². The average molecular weight is 281 g/mol. The molecule has 2 N–H and O–H groups in total. The number of hydrogen-bond acceptors (Lipinski definition) is 2. The van der Waals surface area contributed by atoms with Crippen molar-refractivity contribution < 1.29 is 4.79 Å². The van der Waals surface area contributed by atoms with Gasteiger partial charge in [0.25, 0.3) is 0 Å². The fraction of sp³-hybridized carbons (Fsp3) is 0.316. The normalized spacial score (nSPS) is 10.9. The van der Waals surface area contributed by atoms with E-state index in [2.05, 4.69) is 38.1 Å². The molecule has 0 fully saturated rings. The lowest BCUT2D eigenvalue weighted by Crippen LogP contribution is -2.10. The van der Waals surface area contributed by atoms with Crippen molar-refractivity contribution >= 4 is 5.78 Å². The molecule has 2 aromatic carbocycles. The minimum absolute atomic E-state index is 0.230.